The van der Waals surface area contributed by atoms with Gasteiger partial charge in [-0.25, -0.2) is 35.9 Å². The summed E-state index contributed by atoms with van der Waals surface area (Å²) in [4.78, 5) is 48.3. The van der Waals surface area contributed by atoms with Gasteiger partial charge in [-0.1, -0.05) is 47.5 Å². The minimum atomic E-state index is -0.837. The van der Waals surface area contributed by atoms with Gasteiger partial charge in [-0.05, 0) is 48.5 Å². The Labute approximate surface area is 346 Å². The minimum Gasteiger partial charge on any atom is -0.487 e. The molecule has 0 saturated heterocycles. The third-order valence-electron chi connectivity index (χ3n) is 8.59. The predicted octanol–water partition coefficient (Wildman–Crippen LogP) is 8.67. The molecule has 0 spiro atoms. The lowest BCUT2D eigenvalue weighted by molar-refractivity contribution is 0.0586. The lowest BCUT2D eigenvalue weighted by Gasteiger charge is -2.12. The zero-order valence-electron chi connectivity index (χ0n) is 31.3. The molecule has 0 atom stereocenters. The van der Waals surface area contributed by atoms with Crippen molar-refractivity contribution in [3.05, 3.63) is 196 Å². The second kappa shape index (κ2) is 20.0. The van der Waals surface area contributed by atoms with Gasteiger partial charge in [0.05, 0.1) is 38.4 Å². The highest BCUT2D eigenvalue weighted by atomic mass is 35.5. The molecule has 0 fully saturated rings. The van der Waals surface area contributed by atoms with E-state index in [2.05, 4.69) is 9.47 Å². The van der Waals surface area contributed by atoms with Crippen molar-refractivity contribution in [3.63, 3.8) is 0 Å². The highest BCUT2D eigenvalue weighted by Crippen LogP contribution is 2.25. The van der Waals surface area contributed by atoms with Crippen LogP contribution in [0.5, 0.6) is 11.5 Å². The van der Waals surface area contributed by atoms with Crippen LogP contribution in [0.4, 0.5) is 26.3 Å². The molecule has 0 saturated carbocycles. The minimum absolute atomic E-state index is 0.00887. The van der Waals surface area contributed by atoms with Gasteiger partial charge in [0.25, 0.3) is 11.1 Å². The smallest absolute Gasteiger partial charge is 0.340 e. The van der Waals surface area contributed by atoms with Gasteiger partial charge in [-0.3, -0.25) is 9.59 Å². The molecule has 60 heavy (non-hydrogen) atoms. The number of carbonyl (C=O) groups is 2. The Morgan fingerprint density at radius 3 is 1.28 bits per heavy atom. The number of pyridine rings is 2. The van der Waals surface area contributed by atoms with Crippen molar-refractivity contribution in [1.29, 1.82) is 0 Å². The van der Waals surface area contributed by atoms with Gasteiger partial charge in [0.2, 0.25) is 0 Å². The first-order valence-electron chi connectivity index (χ1n) is 17.3. The van der Waals surface area contributed by atoms with Crippen LogP contribution in [0.3, 0.4) is 0 Å². The van der Waals surface area contributed by atoms with Crippen LogP contribution in [0.25, 0.3) is 0 Å². The summed E-state index contributed by atoms with van der Waals surface area (Å²) in [5, 5.41) is -0.575. The second-order valence-corrected chi connectivity index (χ2v) is 13.2. The van der Waals surface area contributed by atoms with Crippen molar-refractivity contribution in [2.75, 3.05) is 14.2 Å². The Morgan fingerprint density at radius 1 is 0.550 bits per heavy atom. The highest BCUT2D eigenvalue weighted by molar-refractivity contribution is 6.32. The van der Waals surface area contributed by atoms with Crippen LogP contribution in [0, 0.1) is 34.9 Å². The van der Waals surface area contributed by atoms with E-state index in [0.717, 1.165) is 47.6 Å². The van der Waals surface area contributed by atoms with Gasteiger partial charge >= 0.3 is 11.9 Å². The average Bonchev–Trinajstić information content (AvgIpc) is 3.23. The number of esters is 2. The molecule has 0 aliphatic rings. The fraction of sp³-hybridized carbons (Fsp3) is 0.143. The number of methoxy groups -OCH3 is 2. The van der Waals surface area contributed by atoms with Gasteiger partial charge in [0.1, 0.15) is 69.7 Å². The lowest BCUT2D eigenvalue weighted by Crippen LogP contribution is -2.22. The number of carbonyl (C=O) groups excluding carboxylic acids is 2. The summed E-state index contributed by atoms with van der Waals surface area (Å²) in [6, 6.07) is 17.1. The molecule has 0 radical (unpaired) electrons. The summed E-state index contributed by atoms with van der Waals surface area (Å²) >= 11 is 12.1. The number of ether oxygens (including phenoxy) is 4. The van der Waals surface area contributed by atoms with Crippen LogP contribution in [-0.2, 0) is 35.8 Å². The summed E-state index contributed by atoms with van der Waals surface area (Å²) in [7, 11) is 2.27. The van der Waals surface area contributed by atoms with Gasteiger partial charge < -0.3 is 28.1 Å². The van der Waals surface area contributed by atoms with E-state index >= 15 is 0 Å². The average molecular weight is 876 g/mol. The predicted molar refractivity (Wildman–Crippen MR) is 206 cm³/mol. The van der Waals surface area contributed by atoms with Crippen molar-refractivity contribution in [3.8, 4) is 11.5 Å². The van der Waals surface area contributed by atoms with E-state index in [-0.39, 0.29) is 81.2 Å². The van der Waals surface area contributed by atoms with Crippen LogP contribution in [0.1, 0.15) is 43.0 Å². The van der Waals surface area contributed by atoms with E-state index in [1.165, 1.54) is 73.1 Å². The molecule has 6 aromatic rings. The number of halogens is 8. The lowest BCUT2D eigenvalue weighted by atomic mass is 10.1. The number of hydrogen-bond donors (Lipinski definition) is 0. The zero-order valence-corrected chi connectivity index (χ0v) is 32.8. The monoisotopic (exact) mass is 874 g/mol. The number of rotatable bonds is 12. The number of aromatic nitrogens is 2. The molecule has 0 bridgehead atoms. The Hall–Kier alpha value is -6.52. The van der Waals surface area contributed by atoms with E-state index < -0.39 is 58.0 Å². The highest BCUT2D eigenvalue weighted by Gasteiger charge is 2.19. The molecule has 0 N–H and O–H groups in total. The SMILES string of the molecule is COC(=O)c1cccc(Cn2ccc(OCc3ccc(F)cc3F)c(Cl)c2=O)c1F.COC(=O)c1cccc(Cn2ccc(OCc3ccc(F)cc3F)c(Cl)c2=O)c1F. The van der Waals surface area contributed by atoms with Crippen molar-refractivity contribution in [1.82, 2.24) is 9.13 Å². The standard InChI is InChI=1S/2C21H15ClF3NO4/c2*1-29-21(28)15-4-2-3-12(19(15)25)10-26-8-7-17(18(22)20(26)27)30-11-13-5-6-14(23)9-16(13)24/h2*2-9H,10-11H2,1H3. The van der Waals surface area contributed by atoms with Gasteiger partial charge in [0, 0.05) is 46.8 Å². The summed E-state index contributed by atoms with van der Waals surface area (Å²) in [5.41, 5.74) is -1.52. The molecule has 0 aliphatic heterocycles. The third-order valence-corrected chi connectivity index (χ3v) is 9.28. The summed E-state index contributed by atoms with van der Waals surface area (Å²) in [6.07, 6.45) is 2.66. The van der Waals surface area contributed by atoms with E-state index in [1.54, 1.807) is 0 Å². The molecule has 0 aliphatic carbocycles. The second-order valence-electron chi connectivity index (χ2n) is 12.4. The van der Waals surface area contributed by atoms with E-state index in [9.17, 15) is 45.5 Å². The quantitative estimate of drug-likeness (QED) is 0.0887. The summed E-state index contributed by atoms with van der Waals surface area (Å²) in [5.74, 6) is -6.33. The molecule has 2 heterocycles. The van der Waals surface area contributed by atoms with Crippen molar-refractivity contribution in [2.45, 2.75) is 26.3 Å². The summed E-state index contributed by atoms with van der Waals surface area (Å²) < 4.78 is 105. The topological polar surface area (TPSA) is 115 Å². The van der Waals surface area contributed by atoms with Crippen LogP contribution in [0.15, 0.2) is 107 Å². The van der Waals surface area contributed by atoms with Crippen molar-refractivity contribution in [2.24, 2.45) is 0 Å². The summed E-state index contributed by atoms with van der Waals surface area (Å²) in [6.45, 7) is -0.930. The zero-order chi connectivity index (χ0) is 43.7. The maximum absolute atomic E-state index is 14.5. The molecule has 6 rings (SSSR count). The molecule has 18 heteroatoms. The Balaban J connectivity index is 0.000000228. The number of benzene rings is 4. The van der Waals surface area contributed by atoms with Gasteiger partial charge in [-0.2, -0.15) is 0 Å². The van der Waals surface area contributed by atoms with Gasteiger partial charge in [-0.15, -0.1) is 0 Å². The molecule has 4 aromatic carbocycles. The maximum Gasteiger partial charge on any atom is 0.340 e. The number of nitrogens with zero attached hydrogens (tertiary/aromatic N) is 2. The first-order chi connectivity index (χ1) is 28.6. The maximum atomic E-state index is 14.5. The normalized spacial score (nSPS) is 10.7. The van der Waals surface area contributed by atoms with Crippen molar-refractivity contribution < 1.29 is 54.9 Å². The largest absolute Gasteiger partial charge is 0.487 e. The first kappa shape index (κ1) is 44.6. The van der Waals surface area contributed by atoms with E-state index in [4.69, 9.17) is 32.7 Å². The number of hydrogen-bond acceptors (Lipinski definition) is 8. The van der Waals surface area contributed by atoms with Crippen LogP contribution in [-0.4, -0.2) is 35.3 Å². The Kier molecular flexibility index (Phi) is 14.8. The molecule has 0 amide bonds. The fourth-order valence-electron chi connectivity index (χ4n) is 5.43. The third kappa shape index (κ3) is 10.6. The van der Waals surface area contributed by atoms with Crippen LogP contribution < -0.4 is 20.6 Å². The Morgan fingerprint density at radius 2 is 0.933 bits per heavy atom. The molecular formula is C42H30Cl2F6N2O8. The fourth-order valence-corrected chi connectivity index (χ4v) is 5.88. The van der Waals surface area contributed by atoms with Crippen LogP contribution in [0.2, 0.25) is 10.0 Å². The van der Waals surface area contributed by atoms with Crippen molar-refractivity contribution >= 4 is 35.1 Å². The molecular weight excluding hydrogens is 845 g/mol. The van der Waals surface area contributed by atoms with Gasteiger partial charge in [0.15, 0.2) is 0 Å². The van der Waals surface area contributed by atoms with E-state index in [0.29, 0.717) is 0 Å². The van der Waals surface area contributed by atoms with E-state index in [1.807, 2.05) is 0 Å². The Bertz CT molecular complexity index is 2510. The molecule has 10 nitrogen and oxygen atoms in total. The first-order valence-corrected chi connectivity index (χ1v) is 18.0. The molecule has 312 valence electrons. The molecule has 2 aromatic heterocycles. The van der Waals surface area contributed by atoms with Crippen LogP contribution >= 0.6 is 23.2 Å². The molecule has 0 unspecified atom stereocenters.